The lowest BCUT2D eigenvalue weighted by Crippen LogP contribution is -2.50. The van der Waals surface area contributed by atoms with Gasteiger partial charge in [-0.3, -0.25) is 9.59 Å². The van der Waals surface area contributed by atoms with Crippen molar-refractivity contribution in [2.75, 3.05) is 0 Å². The lowest BCUT2D eigenvalue weighted by molar-refractivity contribution is -0.140. The number of rotatable bonds is 7. The monoisotopic (exact) mass is 464 g/mol. The van der Waals surface area contributed by atoms with E-state index in [0.717, 1.165) is 25.7 Å². The van der Waals surface area contributed by atoms with Gasteiger partial charge in [0.25, 0.3) is 0 Å². The summed E-state index contributed by atoms with van der Waals surface area (Å²) in [5.74, 6) is -0.998. The van der Waals surface area contributed by atoms with Crippen molar-refractivity contribution in [3.63, 3.8) is 0 Å². The molecule has 0 saturated heterocycles. The van der Waals surface area contributed by atoms with E-state index in [1.165, 1.54) is 17.4 Å². The molecule has 1 aliphatic rings. The zero-order valence-electron chi connectivity index (χ0n) is 17.5. The molecule has 0 heterocycles. The first-order chi connectivity index (χ1) is 14.9. The molecule has 2 amide bonds. The van der Waals surface area contributed by atoms with Crippen LogP contribution in [0.3, 0.4) is 0 Å². The van der Waals surface area contributed by atoms with E-state index in [9.17, 15) is 14.0 Å². The predicted octanol–water partition coefficient (Wildman–Crippen LogP) is 5.54. The summed E-state index contributed by atoms with van der Waals surface area (Å²) in [6.45, 7) is 1.65. The minimum absolute atomic E-state index is 0.0210. The molecular weight excluding hydrogens is 438 g/mol. The Kier molecular flexibility index (Phi) is 8.33. The Morgan fingerprint density at radius 3 is 2.35 bits per heavy atom. The fraction of sp³-hybridized carbons (Fsp3) is 0.417. The van der Waals surface area contributed by atoms with Crippen molar-refractivity contribution in [1.29, 1.82) is 0 Å². The van der Waals surface area contributed by atoms with Gasteiger partial charge in [0.15, 0.2) is 0 Å². The van der Waals surface area contributed by atoms with E-state index in [0.29, 0.717) is 21.2 Å². The van der Waals surface area contributed by atoms with Crippen LogP contribution >= 0.6 is 23.2 Å². The third kappa shape index (κ3) is 6.20. The number of nitrogens with zero attached hydrogens (tertiary/aromatic N) is 1. The average Bonchev–Trinajstić information content (AvgIpc) is 2.76. The Labute approximate surface area is 192 Å². The average molecular weight is 465 g/mol. The maximum atomic E-state index is 14.3. The number of halogens is 3. The maximum absolute atomic E-state index is 14.3. The molecule has 0 radical (unpaired) electrons. The van der Waals surface area contributed by atoms with Crippen LogP contribution in [-0.2, 0) is 22.6 Å². The van der Waals surface area contributed by atoms with Crippen molar-refractivity contribution < 1.29 is 14.0 Å². The molecule has 0 unspecified atom stereocenters. The van der Waals surface area contributed by atoms with Gasteiger partial charge >= 0.3 is 0 Å². The second-order valence-corrected chi connectivity index (χ2v) is 8.82. The molecule has 0 bridgehead atoms. The molecule has 166 valence electrons. The van der Waals surface area contributed by atoms with Gasteiger partial charge in [-0.05, 0) is 43.5 Å². The molecule has 1 aliphatic carbocycles. The summed E-state index contributed by atoms with van der Waals surface area (Å²) in [6, 6.07) is 10.6. The zero-order valence-corrected chi connectivity index (χ0v) is 19.1. The number of carbonyl (C=O) groups is 2. The molecule has 1 atom stereocenters. The third-order valence-electron chi connectivity index (χ3n) is 5.81. The minimum atomic E-state index is -0.768. The number of amides is 2. The lowest BCUT2D eigenvalue weighted by Gasteiger charge is -2.31. The fourth-order valence-corrected chi connectivity index (χ4v) is 4.45. The summed E-state index contributed by atoms with van der Waals surface area (Å²) in [4.78, 5) is 27.6. The first kappa shape index (κ1) is 23.6. The molecule has 0 aliphatic heterocycles. The smallest absolute Gasteiger partial charge is 0.242 e. The molecule has 2 aromatic carbocycles. The molecule has 31 heavy (non-hydrogen) atoms. The summed E-state index contributed by atoms with van der Waals surface area (Å²) < 4.78 is 14.3. The van der Waals surface area contributed by atoms with Gasteiger partial charge in [0.05, 0.1) is 6.42 Å². The van der Waals surface area contributed by atoms with Crippen LogP contribution in [0.4, 0.5) is 4.39 Å². The van der Waals surface area contributed by atoms with E-state index in [1.807, 2.05) is 0 Å². The molecular formula is C24H27Cl2FN2O2. The Morgan fingerprint density at radius 2 is 1.71 bits per heavy atom. The Hall–Kier alpha value is -2.11. The number of carbonyl (C=O) groups excluding carboxylic acids is 2. The second kappa shape index (κ2) is 11.0. The predicted molar refractivity (Wildman–Crippen MR) is 122 cm³/mol. The van der Waals surface area contributed by atoms with Gasteiger partial charge in [0.1, 0.15) is 11.9 Å². The van der Waals surface area contributed by atoms with E-state index in [1.54, 1.807) is 43.3 Å². The topological polar surface area (TPSA) is 49.4 Å². The van der Waals surface area contributed by atoms with Crippen LogP contribution in [0.5, 0.6) is 0 Å². The van der Waals surface area contributed by atoms with Crippen molar-refractivity contribution in [3.8, 4) is 0 Å². The highest BCUT2D eigenvalue weighted by Crippen LogP contribution is 2.26. The van der Waals surface area contributed by atoms with E-state index < -0.39 is 11.9 Å². The van der Waals surface area contributed by atoms with Crippen LogP contribution < -0.4 is 5.32 Å². The van der Waals surface area contributed by atoms with Crippen LogP contribution in [0.15, 0.2) is 42.5 Å². The highest BCUT2D eigenvalue weighted by atomic mass is 35.5. The first-order valence-corrected chi connectivity index (χ1v) is 11.4. The van der Waals surface area contributed by atoms with E-state index in [2.05, 4.69) is 5.32 Å². The number of nitrogens with one attached hydrogen (secondary N) is 1. The van der Waals surface area contributed by atoms with Crippen molar-refractivity contribution in [1.82, 2.24) is 10.2 Å². The van der Waals surface area contributed by atoms with Crippen molar-refractivity contribution >= 4 is 35.0 Å². The molecule has 0 aromatic heterocycles. The van der Waals surface area contributed by atoms with Gasteiger partial charge in [-0.2, -0.15) is 0 Å². The van der Waals surface area contributed by atoms with Crippen LogP contribution in [0.1, 0.15) is 50.2 Å². The molecule has 7 heteroatoms. The van der Waals surface area contributed by atoms with Crippen LogP contribution in [0.2, 0.25) is 10.0 Å². The van der Waals surface area contributed by atoms with E-state index in [-0.39, 0.29) is 30.8 Å². The molecule has 1 saturated carbocycles. The number of hydrogen-bond acceptors (Lipinski definition) is 2. The minimum Gasteiger partial charge on any atom is -0.352 e. The molecule has 0 spiro atoms. The van der Waals surface area contributed by atoms with Gasteiger partial charge in [0.2, 0.25) is 11.8 Å². The lowest BCUT2D eigenvalue weighted by atomic mass is 9.95. The van der Waals surface area contributed by atoms with Gasteiger partial charge in [0, 0.05) is 28.2 Å². The number of benzene rings is 2. The van der Waals surface area contributed by atoms with Gasteiger partial charge in [-0.15, -0.1) is 0 Å². The second-order valence-electron chi connectivity index (χ2n) is 8.01. The Bertz CT molecular complexity index is 911. The fourth-order valence-electron chi connectivity index (χ4n) is 3.92. The summed E-state index contributed by atoms with van der Waals surface area (Å²) >= 11 is 12.5. The van der Waals surface area contributed by atoms with Crippen molar-refractivity contribution in [2.24, 2.45) is 0 Å². The molecule has 3 rings (SSSR count). The quantitative estimate of drug-likeness (QED) is 0.584. The summed E-state index contributed by atoms with van der Waals surface area (Å²) in [7, 11) is 0. The summed E-state index contributed by atoms with van der Waals surface area (Å²) in [5.41, 5.74) is 0.840. The van der Waals surface area contributed by atoms with Gasteiger partial charge in [-0.25, -0.2) is 4.39 Å². The van der Waals surface area contributed by atoms with E-state index >= 15 is 0 Å². The van der Waals surface area contributed by atoms with E-state index in [4.69, 9.17) is 23.2 Å². The van der Waals surface area contributed by atoms with Crippen LogP contribution in [0.25, 0.3) is 0 Å². The van der Waals surface area contributed by atoms with Gasteiger partial charge in [-0.1, -0.05) is 66.7 Å². The highest BCUT2D eigenvalue weighted by molar-refractivity contribution is 6.36. The molecule has 4 nitrogen and oxygen atoms in total. The zero-order chi connectivity index (χ0) is 22.4. The Balaban J connectivity index is 1.82. The number of hydrogen-bond donors (Lipinski definition) is 1. The highest BCUT2D eigenvalue weighted by Gasteiger charge is 2.29. The molecule has 1 N–H and O–H groups in total. The van der Waals surface area contributed by atoms with Crippen LogP contribution in [0, 0.1) is 5.82 Å². The summed E-state index contributed by atoms with van der Waals surface area (Å²) in [6.07, 6.45) is 5.15. The normalized spacial score (nSPS) is 15.4. The van der Waals surface area contributed by atoms with Crippen molar-refractivity contribution in [2.45, 2.75) is 64.1 Å². The standard InChI is InChI=1S/C24H27Cl2FN2O2/c1-16(24(31)28-18-9-3-2-4-10-18)29(15-17-8-5-6-13-22(17)27)23(30)14-19-20(25)11-7-12-21(19)26/h5-8,11-13,16,18H,2-4,9-10,14-15H2,1H3,(H,28,31)/t16-/m1/s1. The molecule has 2 aromatic rings. The largest absolute Gasteiger partial charge is 0.352 e. The van der Waals surface area contributed by atoms with Crippen molar-refractivity contribution in [3.05, 3.63) is 69.5 Å². The molecule has 1 fully saturated rings. The van der Waals surface area contributed by atoms with Crippen LogP contribution in [-0.4, -0.2) is 28.8 Å². The summed E-state index contributed by atoms with van der Waals surface area (Å²) in [5, 5.41) is 3.82. The van der Waals surface area contributed by atoms with Gasteiger partial charge < -0.3 is 10.2 Å². The SMILES string of the molecule is C[C@H](C(=O)NC1CCCCC1)N(Cc1ccccc1F)C(=O)Cc1c(Cl)cccc1Cl. The first-order valence-electron chi connectivity index (χ1n) is 10.6. The third-order valence-corrected chi connectivity index (χ3v) is 6.52. The maximum Gasteiger partial charge on any atom is 0.242 e. The Morgan fingerprint density at radius 1 is 1.06 bits per heavy atom.